The summed E-state index contributed by atoms with van der Waals surface area (Å²) in [6, 6.07) is 4.83. The van der Waals surface area contributed by atoms with Gasteiger partial charge in [0.15, 0.2) is 5.13 Å². The summed E-state index contributed by atoms with van der Waals surface area (Å²) in [6.45, 7) is 1.72. The molecule has 7 heteroatoms. The first-order chi connectivity index (χ1) is 11.1. The Hall–Kier alpha value is -2.54. The summed E-state index contributed by atoms with van der Waals surface area (Å²) in [5.41, 5.74) is 10.1. The summed E-state index contributed by atoms with van der Waals surface area (Å²) < 4.78 is 13.4. The van der Waals surface area contributed by atoms with E-state index < -0.39 is 0 Å². The first kappa shape index (κ1) is 14.1. The Morgan fingerprint density at radius 1 is 1.26 bits per heavy atom. The van der Waals surface area contributed by atoms with Crippen molar-refractivity contribution in [3.63, 3.8) is 0 Å². The highest BCUT2D eigenvalue weighted by Gasteiger charge is 2.22. The van der Waals surface area contributed by atoms with Crippen molar-refractivity contribution < 1.29 is 4.39 Å². The second kappa shape index (κ2) is 5.27. The van der Waals surface area contributed by atoms with Gasteiger partial charge in [0.05, 0.1) is 16.3 Å². The Labute approximate surface area is 136 Å². The van der Waals surface area contributed by atoms with Gasteiger partial charge in [-0.05, 0) is 49.1 Å². The number of halogens is 1. The SMILES string of the molecule is Cc1cc(Nc2ncc3c(n2)-c2sc(N)nc2CC3)ccc1F. The molecule has 0 amide bonds. The zero-order valence-electron chi connectivity index (χ0n) is 12.4. The van der Waals surface area contributed by atoms with Crippen LogP contribution in [-0.2, 0) is 12.8 Å². The molecule has 5 nitrogen and oxygen atoms in total. The van der Waals surface area contributed by atoms with Crippen LogP contribution < -0.4 is 11.1 Å². The number of aryl methyl sites for hydroxylation is 3. The van der Waals surface area contributed by atoms with Crippen molar-refractivity contribution in [2.24, 2.45) is 0 Å². The lowest BCUT2D eigenvalue weighted by molar-refractivity contribution is 0.619. The molecule has 116 valence electrons. The molecule has 2 heterocycles. The van der Waals surface area contributed by atoms with Crippen LogP contribution in [0.15, 0.2) is 24.4 Å². The normalized spacial score (nSPS) is 12.6. The molecule has 3 aromatic rings. The number of nitrogens with zero attached hydrogens (tertiary/aromatic N) is 3. The minimum atomic E-state index is -0.230. The minimum absolute atomic E-state index is 0.230. The van der Waals surface area contributed by atoms with Crippen LogP contribution in [0.25, 0.3) is 10.6 Å². The molecule has 0 atom stereocenters. The number of nitrogen functional groups attached to an aromatic ring is 1. The lowest BCUT2D eigenvalue weighted by Gasteiger charge is -2.15. The molecule has 3 N–H and O–H groups in total. The molecule has 2 aromatic heterocycles. The average Bonchev–Trinajstić information content (AvgIpc) is 2.92. The number of nitrogens with one attached hydrogen (secondary N) is 1. The van der Waals surface area contributed by atoms with Gasteiger partial charge in [0.25, 0.3) is 0 Å². The van der Waals surface area contributed by atoms with Gasteiger partial charge in [-0.1, -0.05) is 11.3 Å². The van der Waals surface area contributed by atoms with Gasteiger partial charge in [-0.15, -0.1) is 0 Å². The van der Waals surface area contributed by atoms with Crippen molar-refractivity contribution in [3.05, 3.63) is 47.0 Å². The summed E-state index contributed by atoms with van der Waals surface area (Å²) in [4.78, 5) is 14.3. The Bertz CT molecular complexity index is 905. The van der Waals surface area contributed by atoms with Gasteiger partial charge in [0, 0.05) is 11.9 Å². The van der Waals surface area contributed by atoms with E-state index in [1.165, 1.54) is 17.4 Å². The maximum atomic E-state index is 13.4. The predicted molar refractivity (Wildman–Crippen MR) is 89.4 cm³/mol. The molecule has 0 bridgehead atoms. The van der Waals surface area contributed by atoms with E-state index in [2.05, 4.69) is 20.3 Å². The summed E-state index contributed by atoms with van der Waals surface area (Å²) in [7, 11) is 0. The Morgan fingerprint density at radius 2 is 2.13 bits per heavy atom. The van der Waals surface area contributed by atoms with Gasteiger partial charge in [-0.3, -0.25) is 0 Å². The molecule has 1 aromatic carbocycles. The third-order valence-electron chi connectivity index (χ3n) is 3.84. The predicted octanol–water partition coefficient (Wildman–Crippen LogP) is 3.47. The minimum Gasteiger partial charge on any atom is -0.375 e. The molecule has 0 radical (unpaired) electrons. The highest BCUT2D eigenvalue weighted by Crippen LogP contribution is 2.37. The molecular weight excluding hydrogens is 313 g/mol. The number of rotatable bonds is 2. The topological polar surface area (TPSA) is 76.7 Å². The molecule has 1 aliphatic rings. The van der Waals surface area contributed by atoms with Crippen molar-refractivity contribution >= 4 is 28.1 Å². The van der Waals surface area contributed by atoms with Gasteiger partial charge in [-0.2, -0.15) is 0 Å². The van der Waals surface area contributed by atoms with Gasteiger partial charge in [-0.25, -0.2) is 19.3 Å². The monoisotopic (exact) mass is 327 g/mol. The smallest absolute Gasteiger partial charge is 0.227 e. The molecule has 1 aliphatic carbocycles. The standard InChI is InChI=1S/C16H14FN5S/c1-8-6-10(3-4-11(8)17)20-16-19-7-9-2-5-12-14(13(9)22-16)23-15(18)21-12/h3-4,6-7H,2,5H2,1H3,(H2,18,21)(H,19,20,22). The Morgan fingerprint density at radius 3 is 2.96 bits per heavy atom. The number of nitrogens with two attached hydrogens (primary N) is 1. The van der Waals surface area contributed by atoms with Crippen LogP contribution in [0.1, 0.15) is 16.8 Å². The van der Waals surface area contributed by atoms with E-state index >= 15 is 0 Å². The Kier molecular flexibility index (Phi) is 3.23. The molecule has 4 rings (SSSR count). The van der Waals surface area contributed by atoms with Crippen molar-refractivity contribution in [1.29, 1.82) is 0 Å². The second-order valence-corrected chi connectivity index (χ2v) is 6.51. The highest BCUT2D eigenvalue weighted by atomic mass is 32.1. The zero-order chi connectivity index (χ0) is 16.0. The van der Waals surface area contributed by atoms with Gasteiger partial charge < -0.3 is 11.1 Å². The molecule has 0 fully saturated rings. The number of benzene rings is 1. The third kappa shape index (κ3) is 2.53. The first-order valence-corrected chi connectivity index (χ1v) is 8.06. The zero-order valence-corrected chi connectivity index (χ0v) is 13.2. The summed E-state index contributed by atoms with van der Waals surface area (Å²) >= 11 is 1.45. The summed E-state index contributed by atoms with van der Waals surface area (Å²) in [5, 5.41) is 3.68. The molecule has 23 heavy (non-hydrogen) atoms. The number of anilines is 3. The van der Waals surface area contributed by atoms with E-state index in [-0.39, 0.29) is 5.82 Å². The van der Waals surface area contributed by atoms with Crippen LogP contribution in [0.4, 0.5) is 21.2 Å². The molecule has 0 unspecified atom stereocenters. The highest BCUT2D eigenvalue weighted by molar-refractivity contribution is 7.18. The molecule has 0 spiro atoms. The van der Waals surface area contributed by atoms with E-state index in [4.69, 9.17) is 5.73 Å². The lowest BCUT2D eigenvalue weighted by atomic mass is 10.00. The molecule has 0 saturated heterocycles. The number of thiazole rings is 1. The van der Waals surface area contributed by atoms with Crippen LogP contribution in [-0.4, -0.2) is 15.0 Å². The fraction of sp³-hybridized carbons (Fsp3) is 0.188. The van der Waals surface area contributed by atoms with Gasteiger partial charge in [0.2, 0.25) is 5.95 Å². The van der Waals surface area contributed by atoms with E-state index in [9.17, 15) is 4.39 Å². The van der Waals surface area contributed by atoms with Crippen LogP contribution in [0.2, 0.25) is 0 Å². The summed E-state index contributed by atoms with van der Waals surface area (Å²) in [5.74, 6) is 0.251. The number of hydrogen-bond acceptors (Lipinski definition) is 6. The first-order valence-electron chi connectivity index (χ1n) is 7.25. The van der Waals surface area contributed by atoms with Gasteiger partial charge >= 0.3 is 0 Å². The largest absolute Gasteiger partial charge is 0.375 e. The third-order valence-corrected chi connectivity index (χ3v) is 4.77. The van der Waals surface area contributed by atoms with E-state index in [1.807, 2.05) is 6.20 Å². The fourth-order valence-corrected chi connectivity index (χ4v) is 3.58. The van der Waals surface area contributed by atoms with Crippen LogP contribution in [0, 0.1) is 12.7 Å². The van der Waals surface area contributed by atoms with Crippen molar-refractivity contribution in [2.75, 3.05) is 11.1 Å². The van der Waals surface area contributed by atoms with Crippen LogP contribution in [0.5, 0.6) is 0 Å². The maximum absolute atomic E-state index is 13.4. The lowest BCUT2D eigenvalue weighted by Crippen LogP contribution is -2.07. The van der Waals surface area contributed by atoms with Crippen molar-refractivity contribution in [2.45, 2.75) is 19.8 Å². The number of hydrogen-bond donors (Lipinski definition) is 2. The molecule has 0 aliphatic heterocycles. The van der Waals surface area contributed by atoms with Crippen LogP contribution >= 0.6 is 11.3 Å². The van der Waals surface area contributed by atoms with Crippen molar-refractivity contribution in [3.8, 4) is 10.6 Å². The quantitative estimate of drug-likeness (QED) is 0.753. The van der Waals surface area contributed by atoms with E-state index in [0.29, 0.717) is 16.6 Å². The molecular formula is C16H14FN5S. The molecule has 0 saturated carbocycles. The van der Waals surface area contributed by atoms with Crippen molar-refractivity contribution in [1.82, 2.24) is 15.0 Å². The van der Waals surface area contributed by atoms with Crippen LogP contribution in [0.3, 0.4) is 0 Å². The number of fused-ring (bicyclic) bond motifs is 3. The average molecular weight is 327 g/mol. The summed E-state index contributed by atoms with van der Waals surface area (Å²) in [6.07, 6.45) is 3.56. The maximum Gasteiger partial charge on any atom is 0.227 e. The van der Waals surface area contributed by atoms with Gasteiger partial charge in [0.1, 0.15) is 5.82 Å². The fourth-order valence-electron chi connectivity index (χ4n) is 2.68. The number of aromatic nitrogens is 3. The second-order valence-electron chi connectivity index (χ2n) is 5.48. The van der Waals surface area contributed by atoms with E-state index in [1.54, 1.807) is 19.1 Å². The Balaban J connectivity index is 1.71. The van der Waals surface area contributed by atoms with E-state index in [0.717, 1.165) is 40.4 Å².